The molecule has 0 aromatic carbocycles. The van der Waals surface area contributed by atoms with Gasteiger partial charge >= 0.3 is 12.0 Å². The number of amides is 2. The van der Waals surface area contributed by atoms with Gasteiger partial charge in [0.25, 0.3) is 0 Å². The van der Waals surface area contributed by atoms with Crippen LogP contribution in [-0.2, 0) is 11.8 Å². The van der Waals surface area contributed by atoms with E-state index >= 15 is 0 Å². The van der Waals surface area contributed by atoms with Crippen LogP contribution in [0.3, 0.4) is 0 Å². The highest BCUT2D eigenvalue weighted by atomic mass is 16.4. The molecule has 0 saturated carbocycles. The Kier molecular flexibility index (Phi) is 4.69. The predicted octanol–water partition coefficient (Wildman–Crippen LogP) is 0.771. The van der Waals surface area contributed by atoms with Gasteiger partial charge < -0.3 is 19.9 Å². The maximum absolute atomic E-state index is 12.2. The van der Waals surface area contributed by atoms with E-state index < -0.39 is 17.5 Å². The zero-order chi connectivity index (χ0) is 15.5. The maximum Gasteiger partial charge on any atom is 0.323 e. The molecule has 1 rings (SSSR count). The lowest BCUT2D eigenvalue weighted by molar-refractivity contribution is -0.138. The highest BCUT2D eigenvalue weighted by Gasteiger charge is 2.29. The number of nitrogens with zero attached hydrogens (tertiary/aromatic N) is 4. The number of carbonyl (C=O) groups excluding carboxylic acids is 1. The van der Waals surface area contributed by atoms with E-state index in [1.165, 1.54) is 11.2 Å². The topological polar surface area (TPSA) is 100 Å². The van der Waals surface area contributed by atoms with Crippen molar-refractivity contribution in [2.45, 2.75) is 39.3 Å². The molecule has 112 valence electrons. The van der Waals surface area contributed by atoms with E-state index in [1.54, 1.807) is 39.3 Å². The van der Waals surface area contributed by atoms with Gasteiger partial charge in [0.15, 0.2) is 5.82 Å². The van der Waals surface area contributed by atoms with E-state index in [4.69, 9.17) is 5.11 Å². The average molecular weight is 283 g/mol. The summed E-state index contributed by atoms with van der Waals surface area (Å²) in [5.74, 6) is -0.455. The van der Waals surface area contributed by atoms with Gasteiger partial charge in [-0.15, -0.1) is 10.2 Å². The lowest BCUT2D eigenvalue weighted by Crippen LogP contribution is -2.52. The predicted molar refractivity (Wildman–Crippen MR) is 72.0 cm³/mol. The maximum atomic E-state index is 12.2. The molecular weight excluding hydrogens is 262 g/mol. The van der Waals surface area contributed by atoms with Gasteiger partial charge in [-0.05, 0) is 27.7 Å². The van der Waals surface area contributed by atoms with Gasteiger partial charge in [-0.3, -0.25) is 4.79 Å². The largest absolute Gasteiger partial charge is 0.480 e. The number of carbonyl (C=O) groups is 2. The standard InChI is InChI=1S/C12H21N5O3/c1-8(10-15-13-7-16(10)5)14-11(20)17(6-9(18)19)12(2,3)4/h7-8H,6H2,1-5H3,(H,14,20)(H,18,19). The van der Waals surface area contributed by atoms with Gasteiger partial charge in [0, 0.05) is 12.6 Å². The van der Waals surface area contributed by atoms with Crippen LogP contribution in [-0.4, -0.2) is 48.9 Å². The molecule has 1 unspecified atom stereocenters. The molecule has 1 atom stereocenters. The fourth-order valence-electron chi connectivity index (χ4n) is 1.76. The Hall–Kier alpha value is -2.12. The second-order valence-corrected chi connectivity index (χ2v) is 5.62. The second-order valence-electron chi connectivity index (χ2n) is 5.62. The molecular formula is C12H21N5O3. The van der Waals surface area contributed by atoms with Crippen molar-refractivity contribution >= 4 is 12.0 Å². The molecule has 1 aromatic heterocycles. The van der Waals surface area contributed by atoms with Crippen LogP contribution in [0.2, 0.25) is 0 Å². The number of aryl methyl sites for hydroxylation is 1. The van der Waals surface area contributed by atoms with Crippen LogP contribution < -0.4 is 5.32 Å². The summed E-state index contributed by atoms with van der Waals surface area (Å²) in [7, 11) is 1.77. The van der Waals surface area contributed by atoms with Crippen molar-refractivity contribution in [1.29, 1.82) is 0 Å². The molecule has 0 aliphatic rings. The van der Waals surface area contributed by atoms with Crippen molar-refractivity contribution in [3.8, 4) is 0 Å². The summed E-state index contributed by atoms with van der Waals surface area (Å²) in [5.41, 5.74) is -0.595. The Morgan fingerprint density at radius 1 is 1.50 bits per heavy atom. The minimum Gasteiger partial charge on any atom is -0.480 e. The second kappa shape index (κ2) is 5.89. The smallest absolute Gasteiger partial charge is 0.323 e. The Morgan fingerprint density at radius 3 is 2.50 bits per heavy atom. The first kappa shape index (κ1) is 15.9. The first-order chi connectivity index (χ1) is 9.12. The molecule has 0 radical (unpaired) electrons. The fraction of sp³-hybridized carbons (Fsp3) is 0.667. The van der Waals surface area contributed by atoms with E-state index in [0.717, 1.165) is 0 Å². The van der Waals surface area contributed by atoms with Crippen LogP contribution in [0.5, 0.6) is 0 Å². The highest BCUT2D eigenvalue weighted by molar-refractivity contribution is 5.81. The van der Waals surface area contributed by atoms with Gasteiger partial charge in [-0.1, -0.05) is 0 Å². The zero-order valence-electron chi connectivity index (χ0n) is 12.4. The number of carboxylic acids is 1. The third kappa shape index (κ3) is 3.94. The van der Waals surface area contributed by atoms with E-state index in [-0.39, 0.29) is 12.6 Å². The van der Waals surface area contributed by atoms with Gasteiger partial charge in [0.1, 0.15) is 12.9 Å². The molecule has 0 saturated heterocycles. The number of carboxylic acid groups (broad SMARTS) is 1. The summed E-state index contributed by atoms with van der Waals surface area (Å²) in [6.07, 6.45) is 1.54. The lowest BCUT2D eigenvalue weighted by atomic mass is 10.1. The van der Waals surface area contributed by atoms with E-state index in [9.17, 15) is 9.59 Å². The lowest BCUT2D eigenvalue weighted by Gasteiger charge is -2.35. The molecule has 2 amide bonds. The number of hydrogen-bond donors (Lipinski definition) is 2. The molecule has 20 heavy (non-hydrogen) atoms. The minimum absolute atomic E-state index is 0.360. The SMILES string of the molecule is CC(NC(=O)N(CC(=O)O)C(C)(C)C)c1nncn1C. The first-order valence-electron chi connectivity index (χ1n) is 6.26. The number of urea groups is 1. The van der Waals surface area contributed by atoms with Crippen LogP contribution in [0.25, 0.3) is 0 Å². The van der Waals surface area contributed by atoms with Crippen LogP contribution in [0.4, 0.5) is 4.79 Å². The van der Waals surface area contributed by atoms with Crippen molar-refractivity contribution in [1.82, 2.24) is 25.0 Å². The van der Waals surface area contributed by atoms with E-state index in [0.29, 0.717) is 5.82 Å². The van der Waals surface area contributed by atoms with Crippen LogP contribution in [0.15, 0.2) is 6.33 Å². The normalized spacial score (nSPS) is 12.8. The summed E-state index contributed by atoms with van der Waals surface area (Å²) in [5, 5.41) is 19.3. The molecule has 8 heteroatoms. The zero-order valence-corrected chi connectivity index (χ0v) is 12.4. The Morgan fingerprint density at radius 2 is 2.10 bits per heavy atom. The molecule has 0 aliphatic heterocycles. The van der Waals surface area contributed by atoms with Crippen molar-refractivity contribution in [2.24, 2.45) is 7.05 Å². The summed E-state index contributed by atoms with van der Waals surface area (Å²) in [6, 6.07) is -0.816. The summed E-state index contributed by atoms with van der Waals surface area (Å²) in [4.78, 5) is 24.4. The van der Waals surface area contributed by atoms with Crippen molar-refractivity contribution in [2.75, 3.05) is 6.54 Å². The van der Waals surface area contributed by atoms with E-state index in [1.807, 2.05) is 0 Å². The van der Waals surface area contributed by atoms with E-state index in [2.05, 4.69) is 15.5 Å². The fourth-order valence-corrected chi connectivity index (χ4v) is 1.76. The monoisotopic (exact) mass is 283 g/mol. The van der Waals surface area contributed by atoms with Gasteiger partial charge in [0.05, 0.1) is 6.04 Å². The van der Waals surface area contributed by atoms with Crippen LogP contribution >= 0.6 is 0 Å². The van der Waals surface area contributed by atoms with Crippen molar-refractivity contribution in [3.05, 3.63) is 12.2 Å². The summed E-state index contributed by atoms with van der Waals surface area (Å²) >= 11 is 0. The molecule has 0 bridgehead atoms. The molecule has 1 aromatic rings. The van der Waals surface area contributed by atoms with Crippen LogP contribution in [0, 0.1) is 0 Å². The van der Waals surface area contributed by atoms with Crippen molar-refractivity contribution < 1.29 is 14.7 Å². The molecule has 1 heterocycles. The number of aromatic nitrogens is 3. The summed E-state index contributed by atoms with van der Waals surface area (Å²) < 4.78 is 1.70. The summed E-state index contributed by atoms with van der Waals surface area (Å²) in [6.45, 7) is 6.75. The Labute approximate surface area is 117 Å². The quantitative estimate of drug-likeness (QED) is 0.850. The average Bonchev–Trinajstić information content (AvgIpc) is 2.70. The third-order valence-corrected chi connectivity index (χ3v) is 2.82. The molecule has 0 spiro atoms. The molecule has 8 nitrogen and oxygen atoms in total. The third-order valence-electron chi connectivity index (χ3n) is 2.82. The Balaban J connectivity index is 2.81. The Bertz CT molecular complexity index is 492. The minimum atomic E-state index is -1.05. The van der Waals surface area contributed by atoms with Gasteiger partial charge in [-0.2, -0.15) is 0 Å². The van der Waals surface area contributed by atoms with Crippen molar-refractivity contribution in [3.63, 3.8) is 0 Å². The highest BCUT2D eigenvalue weighted by Crippen LogP contribution is 2.15. The molecule has 2 N–H and O–H groups in total. The van der Waals surface area contributed by atoms with Crippen LogP contribution in [0.1, 0.15) is 39.6 Å². The van der Waals surface area contributed by atoms with Gasteiger partial charge in [-0.25, -0.2) is 4.79 Å². The number of hydrogen-bond acceptors (Lipinski definition) is 4. The number of nitrogens with one attached hydrogen (secondary N) is 1. The molecule has 0 aliphatic carbocycles. The van der Waals surface area contributed by atoms with Gasteiger partial charge in [0.2, 0.25) is 0 Å². The number of aliphatic carboxylic acids is 1. The molecule has 0 fully saturated rings. The number of rotatable bonds is 4. The first-order valence-corrected chi connectivity index (χ1v) is 6.26.